The van der Waals surface area contributed by atoms with Gasteiger partial charge in [-0.15, -0.1) is 0 Å². The number of hydrogen-bond acceptors (Lipinski definition) is 5. The first-order valence-corrected chi connectivity index (χ1v) is 9.34. The van der Waals surface area contributed by atoms with Crippen molar-refractivity contribution in [2.24, 2.45) is 0 Å². The van der Waals surface area contributed by atoms with Crippen LogP contribution in [0.15, 0.2) is 48.9 Å². The third-order valence-electron chi connectivity index (χ3n) is 4.55. The predicted molar refractivity (Wildman–Crippen MR) is 111 cm³/mol. The summed E-state index contributed by atoms with van der Waals surface area (Å²) in [4.78, 5) is 17.0. The van der Waals surface area contributed by atoms with Gasteiger partial charge in [0.1, 0.15) is 17.1 Å². The summed E-state index contributed by atoms with van der Waals surface area (Å²) in [6, 6.07) is 8.58. The number of anilines is 1. The van der Waals surface area contributed by atoms with Gasteiger partial charge in [-0.1, -0.05) is 0 Å². The number of hydrogen-bond donors (Lipinski definition) is 2. The number of aromatic nitrogens is 5. The van der Waals surface area contributed by atoms with Crippen molar-refractivity contribution in [3.63, 3.8) is 0 Å². The largest absolute Gasteiger partial charge is 0.497 e. The molecule has 3 heterocycles. The number of benzene rings is 1. The van der Waals surface area contributed by atoms with Crippen molar-refractivity contribution < 1.29 is 13.9 Å². The number of aromatic amines is 1. The molecule has 30 heavy (non-hydrogen) atoms. The first-order valence-electron chi connectivity index (χ1n) is 9.34. The highest BCUT2D eigenvalue weighted by Crippen LogP contribution is 2.27. The fourth-order valence-corrected chi connectivity index (χ4v) is 3.10. The molecule has 0 saturated heterocycles. The quantitative estimate of drug-likeness (QED) is 0.505. The SMILES string of the molecule is COc1ccc(C(=O)Nc2cn[nH]c2-c2cc3c(cn2)cnn3CC(C)(C)F)cc1. The van der Waals surface area contributed by atoms with Crippen LogP contribution in [-0.2, 0) is 6.54 Å². The van der Waals surface area contributed by atoms with E-state index in [0.717, 1.165) is 10.9 Å². The van der Waals surface area contributed by atoms with Gasteiger partial charge in [-0.25, -0.2) is 4.39 Å². The van der Waals surface area contributed by atoms with Crippen LogP contribution in [0.2, 0.25) is 0 Å². The number of nitrogens with zero attached hydrogens (tertiary/aromatic N) is 4. The smallest absolute Gasteiger partial charge is 0.255 e. The van der Waals surface area contributed by atoms with E-state index in [1.165, 1.54) is 20.0 Å². The van der Waals surface area contributed by atoms with Gasteiger partial charge in [0.25, 0.3) is 5.91 Å². The minimum Gasteiger partial charge on any atom is -0.497 e. The summed E-state index contributed by atoms with van der Waals surface area (Å²) in [7, 11) is 1.57. The van der Waals surface area contributed by atoms with Crippen LogP contribution in [0.1, 0.15) is 24.2 Å². The zero-order chi connectivity index (χ0) is 21.3. The Bertz CT molecular complexity index is 1190. The van der Waals surface area contributed by atoms with E-state index in [0.29, 0.717) is 28.4 Å². The van der Waals surface area contributed by atoms with E-state index in [-0.39, 0.29) is 12.5 Å². The third-order valence-corrected chi connectivity index (χ3v) is 4.55. The van der Waals surface area contributed by atoms with Crippen molar-refractivity contribution in [1.82, 2.24) is 25.0 Å². The molecular formula is C21H21FN6O2. The minimum atomic E-state index is -1.41. The lowest BCUT2D eigenvalue weighted by atomic mass is 10.1. The molecule has 2 N–H and O–H groups in total. The van der Waals surface area contributed by atoms with Gasteiger partial charge in [-0.2, -0.15) is 10.2 Å². The summed E-state index contributed by atoms with van der Waals surface area (Å²) in [5.41, 5.74) is 1.41. The molecule has 154 valence electrons. The van der Waals surface area contributed by atoms with Crippen LogP contribution in [0.5, 0.6) is 5.75 Å². The molecule has 0 aliphatic carbocycles. The Labute approximate surface area is 172 Å². The highest BCUT2D eigenvalue weighted by molar-refractivity contribution is 6.06. The molecule has 0 aliphatic rings. The van der Waals surface area contributed by atoms with Crippen LogP contribution in [0.4, 0.5) is 10.1 Å². The second kappa shape index (κ2) is 7.58. The number of carbonyl (C=O) groups is 1. The number of nitrogens with one attached hydrogen (secondary N) is 2. The van der Waals surface area contributed by atoms with Crippen molar-refractivity contribution in [3.05, 3.63) is 54.5 Å². The Morgan fingerprint density at radius 3 is 2.70 bits per heavy atom. The molecule has 0 spiro atoms. The number of ether oxygens (including phenoxy) is 1. The Hall–Kier alpha value is -3.75. The summed E-state index contributed by atoms with van der Waals surface area (Å²) < 4.78 is 20.8. The Morgan fingerprint density at radius 1 is 1.23 bits per heavy atom. The first-order chi connectivity index (χ1) is 14.3. The summed E-state index contributed by atoms with van der Waals surface area (Å²) in [6.07, 6.45) is 4.83. The summed E-state index contributed by atoms with van der Waals surface area (Å²) in [6.45, 7) is 3.12. The normalized spacial score (nSPS) is 11.6. The topological polar surface area (TPSA) is 97.7 Å². The van der Waals surface area contributed by atoms with E-state index in [9.17, 15) is 9.18 Å². The number of rotatable bonds is 6. The van der Waals surface area contributed by atoms with Crippen molar-refractivity contribution in [2.75, 3.05) is 12.4 Å². The number of pyridine rings is 1. The number of H-pyrrole nitrogens is 1. The molecule has 4 aromatic rings. The Morgan fingerprint density at radius 2 is 2.00 bits per heavy atom. The van der Waals surface area contributed by atoms with Crippen LogP contribution < -0.4 is 10.1 Å². The molecular weight excluding hydrogens is 387 g/mol. The van der Waals surface area contributed by atoms with Gasteiger partial charge in [0.05, 0.1) is 42.9 Å². The lowest BCUT2D eigenvalue weighted by Gasteiger charge is -2.14. The first kappa shape index (κ1) is 19.6. The molecule has 0 saturated carbocycles. The summed E-state index contributed by atoms with van der Waals surface area (Å²) in [5.74, 6) is 0.381. The van der Waals surface area contributed by atoms with Gasteiger partial charge in [-0.05, 0) is 44.2 Å². The molecule has 3 aromatic heterocycles. The zero-order valence-corrected chi connectivity index (χ0v) is 16.8. The van der Waals surface area contributed by atoms with Gasteiger partial charge in [0.15, 0.2) is 0 Å². The maximum atomic E-state index is 14.1. The number of fused-ring (bicyclic) bond motifs is 1. The van der Waals surface area contributed by atoms with Gasteiger partial charge in [0.2, 0.25) is 0 Å². The monoisotopic (exact) mass is 408 g/mol. The van der Waals surface area contributed by atoms with E-state index in [2.05, 4.69) is 25.6 Å². The van der Waals surface area contributed by atoms with Crippen molar-refractivity contribution in [1.29, 1.82) is 0 Å². The molecule has 0 radical (unpaired) electrons. The maximum absolute atomic E-state index is 14.1. The predicted octanol–water partition coefficient (Wildman–Crippen LogP) is 3.83. The van der Waals surface area contributed by atoms with E-state index in [4.69, 9.17) is 4.74 Å². The van der Waals surface area contributed by atoms with Gasteiger partial charge < -0.3 is 10.1 Å². The number of methoxy groups -OCH3 is 1. The second-order valence-corrected chi connectivity index (χ2v) is 7.49. The average Bonchev–Trinajstić information content (AvgIpc) is 3.33. The van der Waals surface area contributed by atoms with Crippen molar-refractivity contribution in [2.45, 2.75) is 26.1 Å². The van der Waals surface area contributed by atoms with Gasteiger partial charge in [-0.3, -0.25) is 19.6 Å². The highest BCUT2D eigenvalue weighted by Gasteiger charge is 2.19. The van der Waals surface area contributed by atoms with Crippen LogP contribution in [0, 0.1) is 0 Å². The van der Waals surface area contributed by atoms with Crippen LogP contribution >= 0.6 is 0 Å². The lowest BCUT2D eigenvalue weighted by molar-refractivity contribution is 0.102. The molecule has 0 atom stereocenters. The number of halogens is 1. The van der Waals surface area contributed by atoms with E-state index in [1.807, 2.05) is 0 Å². The number of amides is 1. The maximum Gasteiger partial charge on any atom is 0.255 e. The fraction of sp³-hybridized carbons (Fsp3) is 0.238. The molecule has 4 rings (SSSR count). The number of carbonyl (C=O) groups excluding carboxylic acids is 1. The molecule has 0 fully saturated rings. The van der Waals surface area contributed by atoms with Crippen LogP contribution in [0.3, 0.4) is 0 Å². The van der Waals surface area contributed by atoms with Crippen molar-refractivity contribution in [3.8, 4) is 17.1 Å². The van der Waals surface area contributed by atoms with Gasteiger partial charge >= 0.3 is 0 Å². The standard InChI is InChI=1S/C21H21FN6O2/c1-21(2,22)12-28-18-8-16(23-9-14(18)10-25-28)19-17(11-24-27-19)26-20(29)13-4-6-15(30-3)7-5-13/h4-11H,12H2,1-3H3,(H,24,27)(H,26,29). The molecule has 1 aromatic carbocycles. The molecule has 9 heteroatoms. The molecule has 8 nitrogen and oxygen atoms in total. The highest BCUT2D eigenvalue weighted by atomic mass is 19.1. The Kier molecular flexibility index (Phi) is 4.94. The minimum absolute atomic E-state index is 0.115. The molecule has 0 unspecified atom stereocenters. The Balaban J connectivity index is 1.62. The average molecular weight is 408 g/mol. The van der Waals surface area contributed by atoms with Crippen LogP contribution in [-0.4, -0.2) is 43.6 Å². The third kappa shape index (κ3) is 4.00. The van der Waals surface area contributed by atoms with Gasteiger partial charge in [0, 0.05) is 17.1 Å². The van der Waals surface area contributed by atoms with Crippen molar-refractivity contribution >= 4 is 22.5 Å². The fourth-order valence-electron chi connectivity index (χ4n) is 3.10. The van der Waals surface area contributed by atoms with Crippen LogP contribution in [0.25, 0.3) is 22.3 Å². The summed E-state index contributed by atoms with van der Waals surface area (Å²) >= 11 is 0. The summed E-state index contributed by atoms with van der Waals surface area (Å²) in [5, 5.41) is 14.8. The second-order valence-electron chi connectivity index (χ2n) is 7.49. The lowest BCUT2D eigenvalue weighted by Crippen LogP contribution is -2.21. The molecule has 0 bridgehead atoms. The van der Waals surface area contributed by atoms with E-state index in [1.54, 1.807) is 54.5 Å². The zero-order valence-electron chi connectivity index (χ0n) is 16.8. The number of alkyl halides is 1. The van der Waals surface area contributed by atoms with E-state index >= 15 is 0 Å². The molecule has 1 amide bonds. The van der Waals surface area contributed by atoms with E-state index < -0.39 is 5.67 Å². The molecule has 0 aliphatic heterocycles.